The molecule has 2 saturated carbocycles. The van der Waals surface area contributed by atoms with Crippen molar-refractivity contribution in [2.75, 3.05) is 6.54 Å². The molecule has 18 heteroatoms. The number of nitrogens with one attached hydrogen (secondary N) is 1. The SMILES string of the molecule is C[C@@H]1CC/C=C\[C@@H]2C[C@@]2(C(=O)NS(=O)(=O)C2(C)CC2)CC(=O)[C@@H]2C[C@@H](Oc3cc(-c4cccnc4)nc(-c4nccs4)c3)CN2C(=O)[C@@H](CC(=O)OC(C)(C)C(F)(F)F)[C@H](C)C1. The van der Waals surface area contributed by atoms with Crippen molar-refractivity contribution in [3.05, 3.63) is 60.4 Å². The quantitative estimate of drug-likeness (QED) is 0.158. The predicted octanol–water partition coefficient (Wildman–Crippen LogP) is 7.48. The minimum absolute atomic E-state index is 0.00854. The summed E-state index contributed by atoms with van der Waals surface area (Å²) in [4.78, 5) is 71.9. The Labute approximate surface area is 363 Å². The number of rotatable bonds is 10. The second-order valence-electron chi connectivity index (χ2n) is 18.2. The number of sulfonamides is 1. The lowest BCUT2D eigenvalue weighted by Crippen LogP contribution is -2.48. The summed E-state index contributed by atoms with van der Waals surface area (Å²) in [7, 11) is -4.04. The molecule has 2 amide bonds. The smallest absolute Gasteiger partial charge is 0.427 e. The molecule has 0 spiro atoms. The maximum Gasteiger partial charge on any atom is 0.427 e. The number of alkyl halides is 3. The first-order valence-electron chi connectivity index (χ1n) is 21.0. The second kappa shape index (κ2) is 17.1. The van der Waals surface area contributed by atoms with Gasteiger partial charge in [0.05, 0.1) is 40.8 Å². The minimum atomic E-state index is -4.87. The standard InChI is InChI=1S/C44H52F3N5O8S2/c1-26-9-6-7-11-29-22-43(29,40(56)51-62(57,58)42(5)12-13-42)23-36(53)35-20-31(25-52(35)39(55)32(27(2)17-26)21-37(54)60-41(3,4)44(45,46)47)59-30-18-33(28-10-8-14-48-24-28)50-34(19-30)38-49-15-16-61-38/h7-8,10-11,14-16,18-19,24,26-27,29,31-32,35H,6,9,12-13,17,20-23,25H2,1-5H3,(H,51,56)/b11-7-/t26-,27-,29-,31-,32+,35+,43-/m1/s1. The molecule has 0 bridgehead atoms. The third-order valence-corrected chi connectivity index (χ3v) is 15.9. The van der Waals surface area contributed by atoms with Gasteiger partial charge in [-0.3, -0.25) is 28.9 Å². The molecule has 1 N–H and O–H groups in total. The molecule has 62 heavy (non-hydrogen) atoms. The Kier molecular flexibility index (Phi) is 12.5. The lowest BCUT2D eigenvalue weighted by Gasteiger charge is -2.33. The zero-order chi connectivity index (χ0) is 44.8. The fourth-order valence-electron chi connectivity index (χ4n) is 8.54. The van der Waals surface area contributed by atoms with Gasteiger partial charge in [-0.05, 0) is 89.2 Å². The van der Waals surface area contributed by atoms with Crippen molar-refractivity contribution in [2.24, 2.45) is 29.1 Å². The fraction of sp³-hybridized carbons (Fsp3) is 0.568. The van der Waals surface area contributed by atoms with E-state index in [-0.39, 0.29) is 31.7 Å². The molecule has 2 aliphatic heterocycles. The Morgan fingerprint density at radius 2 is 1.82 bits per heavy atom. The Bertz CT molecular complexity index is 2320. The van der Waals surface area contributed by atoms with Gasteiger partial charge < -0.3 is 14.4 Å². The highest BCUT2D eigenvalue weighted by atomic mass is 32.2. The van der Waals surface area contributed by atoms with Crippen molar-refractivity contribution in [3.8, 4) is 27.7 Å². The largest absolute Gasteiger partial charge is 0.488 e. The topological polar surface area (TPSA) is 175 Å². The normalized spacial score (nSPS) is 28.4. The van der Waals surface area contributed by atoms with Gasteiger partial charge in [-0.2, -0.15) is 13.2 Å². The van der Waals surface area contributed by atoms with Crippen molar-refractivity contribution >= 4 is 44.9 Å². The summed E-state index contributed by atoms with van der Waals surface area (Å²) in [6.45, 7) is 6.66. The monoisotopic (exact) mass is 899 g/mol. The van der Waals surface area contributed by atoms with Crippen LogP contribution in [0.3, 0.4) is 0 Å². The first-order chi connectivity index (χ1) is 29.1. The fourth-order valence-corrected chi connectivity index (χ4v) is 10.5. The van der Waals surface area contributed by atoms with E-state index in [0.717, 1.165) is 13.8 Å². The van der Waals surface area contributed by atoms with Gasteiger partial charge in [0.1, 0.15) is 22.6 Å². The molecule has 3 fully saturated rings. The number of halogens is 3. The maximum absolute atomic E-state index is 15.0. The van der Waals surface area contributed by atoms with Gasteiger partial charge in [0.2, 0.25) is 27.4 Å². The first kappa shape index (κ1) is 45.3. The number of esters is 1. The zero-order valence-corrected chi connectivity index (χ0v) is 36.9. The van der Waals surface area contributed by atoms with Gasteiger partial charge in [-0.1, -0.05) is 26.0 Å². The third kappa shape index (κ3) is 9.60. The summed E-state index contributed by atoms with van der Waals surface area (Å²) in [5.41, 5.74) is -2.48. The van der Waals surface area contributed by atoms with Crippen LogP contribution in [0, 0.1) is 29.1 Å². The summed E-state index contributed by atoms with van der Waals surface area (Å²) in [6, 6.07) is 5.82. The van der Waals surface area contributed by atoms with Crippen LogP contribution in [0.15, 0.2) is 60.4 Å². The van der Waals surface area contributed by atoms with E-state index in [1.54, 1.807) is 56.0 Å². The molecule has 2 aliphatic carbocycles. The molecule has 0 radical (unpaired) electrons. The number of ether oxygens (including phenoxy) is 2. The molecule has 3 aromatic heterocycles. The molecular formula is C44H52F3N5O8S2. The summed E-state index contributed by atoms with van der Waals surface area (Å²) in [6.07, 6.45) is 4.64. The van der Waals surface area contributed by atoms with Crippen molar-refractivity contribution < 1.29 is 50.2 Å². The van der Waals surface area contributed by atoms with Crippen molar-refractivity contribution in [2.45, 2.75) is 121 Å². The molecular weight excluding hydrogens is 848 g/mol. The van der Waals surface area contributed by atoms with Crippen LogP contribution >= 0.6 is 11.3 Å². The van der Waals surface area contributed by atoms with E-state index in [2.05, 4.69) is 14.7 Å². The highest BCUT2D eigenvalue weighted by Crippen LogP contribution is 2.58. The van der Waals surface area contributed by atoms with E-state index in [4.69, 9.17) is 14.5 Å². The van der Waals surface area contributed by atoms with Crippen LogP contribution in [0.2, 0.25) is 0 Å². The average Bonchev–Trinajstić information content (AvgIpc) is 3.95. The molecule has 5 heterocycles. The van der Waals surface area contributed by atoms with E-state index in [1.165, 1.54) is 16.2 Å². The number of carbonyl (C=O) groups excluding carboxylic acids is 4. The van der Waals surface area contributed by atoms with E-state index >= 15 is 0 Å². The Morgan fingerprint density at radius 3 is 2.48 bits per heavy atom. The Morgan fingerprint density at radius 1 is 1.08 bits per heavy atom. The molecule has 7 atom stereocenters. The molecule has 3 aromatic rings. The van der Waals surface area contributed by atoms with Gasteiger partial charge in [0.15, 0.2) is 5.78 Å². The number of fused-ring (bicyclic) bond motifs is 2. The number of thiazole rings is 1. The lowest BCUT2D eigenvalue weighted by atomic mass is 9.82. The number of nitrogens with zero attached hydrogens (tertiary/aromatic N) is 4. The van der Waals surface area contributed by atoms with Crippen molar-refractivity contribution in [3.63, 3.8) is 0 Å². The van der Waals surface area contributed by atoms with Gasteiger partial charge in [-0.15, -0.1) is 11.3 Å². The molecule has 334 valence electrons. The molecule has 0 unspecified atom stereocenters. The molecule has 4 aliphatic rings. The summed E-state index contributed by atoms with van der Waals surface area (Å²) >= 11 is 1.37. The number of aromatic nitrogens is 3. The second-order valence-corrected chi connectivity index (χ2v) is 21.3. The van der Waals surface area contributed by atoms with E-state index in [0.29, 0.717) is 59.8 Å². The van der Waals surface area contributed by atoms with E-state index in [1.807, 2.05) is 25.1 Å². The van der Waals surface area contributed by atoms with E-state index < -0.39 is 91.8 Å². The number of allylic oxidation sites excluding steroid dienone is 2. The van der Waals surface area contributed by atoms with Gasteiger partial charge >= 0.3 is 12.1 Å². The van der Waals surface area contributed by atoms with Crippen LogP contribution in [0.5, 0.6) is 5.75 Å². The highest BCUT2D eigenvalue weighted by molar-refractivity contribution is 7.91. The molecule has 1 saturated heterocycles. The number of carbonyl (C=O) groups is 4. The van der Waals surface area contributed by atoms with Crippen molar-refractivity contribution in [1.82, 2.24) is 24.6 Å². The number of hydrogen-bond donors (Lipinski definition) is 1. The van der Waals surface area contributed by atoms with Crippen LogP contribution in [0.25, 0.3) is 22.0 Å². The van der Waals surface area contributed by atoms with Crippen LogP contribution in [-0.4, -0.2) is 87.1 Å². The number of amides is 2. The molecule has 0 aromatic carbocycles. The molecule has 13 nitrogen and oxygen atoms in total. The number of hydrogen-bond acceptors (Lipinski definition) is 12. The Hall–Kier alpha value is -4.71. The zero-order valence-electron chi connectivity index (χ0n) is 35.3. The minimum Gasteiger partial charge on any atom is -0.488 e. The third-order valence-electron chi connectivity index (χ3n) is 12.9. The van der Waals surface area contributed by atoms with Gasteiger partial charge in [-0.25, -0.2) is 18.4 Å². The maximum atomic E-state index is 15.0. The number of Topliss-reactive ketones (excluding diaryl/α,β-unsaturated/α-hetero) is 1. The Balaban J connectivity index is 1.24. The van der Waals surface area contributed by atoms with E-state index in [9.17, 15) is 40.8 Å². The first-order valence-corrected chi connectivity index (χ1v) is 23.3. The molecule has 7 rings (SSSR count). The van der Waals surface area contributed by atoms with Crippen LogP contribution in [0.4, 0.5) is 13.2 Å². The summed E-state index contributed by atoms with van der Waals surface area (Å²) in [5.74, 6) is -4.88. The number of ketones is 1. The summed E-state index contributed by atoms with van der Waals surface area (Å²) < 4.78 is 80.8. The van der Waals surface area contributed by atoms with Crippen molar-refractivity contribution in [1.29, 1.82) is 0 Å². The highest BCUT2D eigenvalue weighted by Gasteiger charge is 2.63. The summed E-state index contributed by atoms with van der Waals surface area (Å²) in [5, 5.41) is 2.42. The van der Waals surface area contributed by atoms with Crippen LogP contribution in [-0.2, 0) is 33.9 Å². The van der Waals surface area contributed by atoms with Gasteiger partial charge in [0, 0.05) is 54.5 Å². The lowest BCUT2D eigenvalue weighted by molar-refractivity contribution is -0.257. The number of pyridine rings is 2. The van der Waals surface area contributed by atoms with Crippen LogP contribution < -0.4 is 9.46 Å². The van der Waals surface area contributed by atoms with Gasteiger partial charge in [0.25, 0.3) is 0 Å². The predicted molar refractivity (Wildman–Crippen MR) is 224 cm³/mol. The average molecular weight is 900 g/mol. The van der Waals surface area contributed by atoms with Crippen LogP contribution in [0.1, 0.15) is 92.4 Å².